The van der Waals surface area contributed by atoms with Gasteiger partial charge in [0, 0.05) is 24.1 Å². The molecule has 0 bridgehead atoms. The fourth-order valence-electron chi connectivity index (χ4n) is 3.51. The summed E-state index contributed by atoms with van der Waals surface area (Å²) in [7, 11) is 1.63. The van der Waals surface area contributed by atoms with Crippen molar-refractivity contribution >= 4 is 39.9 Å². The van der Waals surface area contributed by atoms with Gasteiger partial charge in [0.2, 0.25) is 5.16 Å². The number of hydrogen-bond acceptors (Lipinski definition) is 8. The Balaban J connectivity index is 1.36. The number of aryl methyl sites for hydroxylation is 2. The van der Waals surface area contributed by atoms with Gasteiger partial charge in [-0.1, -0.05) is 36.0 Å². The van der Waals surface area contributed by atoms with Crippen LogP contribution in [-0.4, -0.2) is 42.0 Å². The molecule has 0 radical (unpaired) electrons. The fraction of sp³-hybridized carbons (Fsp3) is 0.174. The van der Waals surface area contributed by atoms with Crippen molar-refractivity contribution in [1.29, 1.82) is 0 Å². The maximum Gasteiger partial charge on any atom is 0.261 e. The Morgan fingerprint density at radius 3 is 2.79 bits per heavy atom. The largest absolute Gasteiger partial charge is 0.495 e. The zero-order chi connectivity index (χ0) is 22.8. The van der Waals surface area contributed by atoms with E-state index in [1.54, 1.807) is 28.6 Å². The second-order valence-electron chi connectivity index (χ2n) is 7.32. The van der Waals surface area contributed by atoms with Gasteiger partial charge < -0.3 is 10.1 Å². The molecule has 0 amide bonds. The molecule has 0 saturated heterocycles. The summed E-state index contributed by atoms with van der Waals surface area (Å²) in [5.41, 5.74) is 2.28. The highest BCUT2D eigenvalue weighted by Gasteiger charge is 2.13. The number of nitrogens with zero attached hydrogens (tertiary/aromatic N) is 6. The standard InChI is InChI=1S/C23H21N7O2S/c1-15-13-20(26-18-9-5-6-10-19(18)32-2)30-22(25-15)27-23(28-30)33-12-11-29-14-24-17-8-4-3-7-16(17)21(29)31/h3-10,13-14,26H,11-12H2,1-2H3. The van der Waals surface area contributed by atoms with Gasteiger partial charge in [-0.15, -0.1) is 5.10 Å². The number of ether oxygens (including phenoxy) is 1. The number of hydrogen-bond donors (Lipinski definition) is 1. The van der Waals surface area contributed by atoms with Gasteiger partial charge >= 0.3 is 0 Å². The molecule has 3 heterocycles. The van der Waals surface area contributed by atoms with Crippen LogP contribution in [0.5, 0.6) is 5.75 Å². The van der Waals surface area contributed by atoms with Crippen LogP contribution in [0.1, 0.15) is 5.69 Å². The lowest BCUT2D eigenvalue weighted by molar-refractivity contribution is 0.417. The monoisotopic (exact) mass is 459 g/mol. The molecule has 10 heteroatoms. The molecule has 9 nitrogen and oxygen atoms in total. The molecule has 5 rings (SSSR count). The number of anilines is 2. The van der Waals surface area contributed by atoms with Crippen LogP contribution in [0.3, 0.4) is 0 Å². The molecule has 0 fully saturated rings. The van der Waals surface area contributed by atoms with Crippen molar-refractivity contribution < 1.29 is 4.74 Å². The van der Waals surface area contributed by atoms with Gasteiger partial charge in [0.1, 0.15) is 11.6 Å². The third kappa shape index (κ3) is 4.24. The Morgan fingerprint density at radius 1 is 1.09 bits per heavy atom. The van der Waals surface area contributed by atoms with Gasteiger partial charge in [0.25, 0.3) is 11.3 Å². The second kappa shape index (κ2) is 8.91. The van der Waals surface area contributed by atoms with Gasteiger partial charge in [-0.3, -0.25) is 9.36 Å². The molecule has 0 atom stereocenters. The summed E-state index contributed by atoms with van der Waals surface area (Å²) in [5, 5.41) is 9.16. The summed E-state index contributed by atoms with van der Waals surface area (Å²) in [6, 6.07) is 16.9. The maximum absolute atomic E-state index is 12.7. The predicted molar refractivity (Wildman–Crippen MR) is 129 cm³/mol. The zero-order valence-electron chi connectivity index (χ0n) is 18.1. The van der Waals surface area contributed by atoms with Crippen molar-refractivity contribution in [2.45, 2.75) is 18.6 Å². The first-order chi connectivity index (χ1) is 16.1. The van der Waals surface area contributed by atoms with Crippen LogP contribution in [0.2, 0.25) is 0 Å². The molecule has 0 aliphatic heterocycles. The highest BCUT2D eigenvalue weighted by atomic mass is 32.2. The van der Waals surface area contributed by atoms with E-state index < -0.39 is 0 Å². The number of aromatic nitrogens is 6. The molecule has 0 spiro atoms. The van der Waals surface area contributed by atoms with E-state index in [1.165, 1.54) is 11.8 Å². The Morgan fingerprint density at radius 2 is 1.91 bits per heavy atom. The Labute approximate surface area is 193 Å². The Bertz CT molecular complexity index is 1510. The first-order valence-corrected chi connectivity index (χ1v) is 11.3. The lowest BCUT2D eigenvalue weighted by Crippen LogP contribution is -2.21. The topological polar surface area (TPSA) is 99.2 Å². The molecular formula is C23H21N7O2S. The Hall–Kier alpha value is -3.92. The third-order valence-electron chi connectivity index (χ3n) is 5.09. The van der Waals surface area contributed by atoms with Crippen molar-refractivity contribution in [2.75, 3.05) is 18.2 Å². The number of fused-ring (bicyclic) bond motifs is 2. The summed E-state index contributed by atoms with van der Waals surface area (Å²) in [5.74, 6) is 2.57. The number of thioether (sulfide) groups is 1. The van der Waals surface area contributed by atoms with Gasteiger partial charge in [-0.05, 0) is 31.2 Å². The minimum Gasteiger partial charge on any atom is -0.495 e. The average molecular weight is 460 g/mol. The lowest BCUT2D eigenvalue weighted by Gasteiger charge is -2.11. The van der Waals surface area contributed by atoms with E-state index in [-0.39, 0.29) is 5.56 Å². The smallest absolute Gasteiger partial charge is 0.261 e. The number of para-hydroxylation sites is 3. The molecule has 33 heavy (non-hydrogen) atoms. The van der Waals surface area contributed by atoms with E-state index in [0.717, 1.165) is 22.9 Å². The number of rotatable bonds is 7. The molecule has 0 unspecified atom stereocenters. The van der Waals surface area contributed by atoms with Crippen molar-refractivity contribution in [3.63, 3.8) is 0 Å². The van der Waals surface area contributed by atoms with Crippen LogP contribution in [0, 0.1) is 6.92 Å². The van der Waals surface area contributed by atoms with Crippen LogP contribution in [0.15, 0.2) is 70.9 Å². The van der Waals surface area contributed by atoms with Crippen molar-refractivity contribution in [2.24, 2.45) is 0 Å². The van der Waals surface area contributed by atoms with Crippen molar-refractivity contribution in [3.05, 3.63) is 77.0 Å². The zero-order valence-corrected chi connectivity index (χ0v) is 18.9. The van der Waals surface area contributed by atoms with Gasteiger partial charge in [-0.25, -0.2) is 9.97 Å². The normalized spacial score (nSPS) is 11.2. The average Bonchev–Trinajstić information content (AvgIpc) is 3.24. The van der Waals surface area contributed by atoms with E-state index in [9.17, 15) is 4.79 Å². The highest BCUT2D eigenvalue weighted by molar-refractivity contribution is 7.99. The lowest BCUT2D eigenvalue weighted by atomic mass is 10.2. The maximum atomic E-state index is 12.7. The van der Waals surface area contributed by atoms with E-state index in [0.29, 0.717) is 34.1 Å². The van der Waals surface area contributed by atoms with Gasteiger partial charge in [0.15, 0.2) is 0 Å². The minimum absolute atomic E-state index is 0.0512. The molecular weight excluding hydrogens is 438 g/mol. The summed E-state index contributed by atoms with van der Waals surface area (Å²) in [6.45, 7) is 2.41. The van der Waals surface area contributed by atoms with Crippen LogP contribution in [0.25, 0.3) is 16.7 Å². The first-order valence-electron chi connectivity index (χ1n) is 10.3. The highest BCUT2D eigenvalue weighted by Crippen LogP contribution is 2.27. The molecule has 0 aliphatic carbocycles. The SMILES string of the molecule is COc1ccccc1Nc1cc(C)nc2nc(SCCn3cnc4ccccc4c3=O)nn12. The fourth-order valence-corrected chi connectivity index (χ4v) is 4.26. The summed E-state index contributed by atoms with van der Waals surface area (Å²) in [6.07, 6.45) is 1.59. The second-order valence-corrected chi connectivity index (χ2v) is 8.39. The van der Waals surface area contributed by atoms with Crippen LogP contribution < -0.4 is 15.6 Å². The molecule has 0 aliphatic rings. The van der Waals surface area contributed by atoms with Gasteiger partial charge in [0.05, 0.1) is 30.0 Å². The molecule has 2 aromatic carbocycles. The molecule has 1 N–H and O–H groups in total. The molecule has 3 aromatic heterocycles. The summed E-state index contributed by atoms with van der Waals surface area (Å²) in [4.78, 5) is 26.1. The van der Waals surface area contributed by atoms with E-state index in [1.807, 2.05) is 55.5 Å². The minimum atomic E-state index is -0.0512. The van der Waals surface area contributed by atoms with E-state index in [2.05, 4.69) is 25.4 Å². The summed E-state index contributed by atoms with van der Waals surface area (Å²) < 4.78 is 8.72. The third-order valence-corrected chi connectivity index (χ3v) is 5.90. The van der Waals surface area contributed by atoms with Crippen molar-refractivity contribution in [3.8, 4) is 5.75 Å². The predicted octanol–water partition coefficient (Wildman–Crippen LogP) is 3.69. The molecule has 166 valence electrons. The Kier molecular flexibility index (Phi) is 5.66. The van der Waals surface area contributed by atoms with Crippen LogP contribution >= 0.6 is 11.8 Å². The van der Waals surface area contributed by atoms with Crippen LogP contribution in [-0.2, 0) is 6.54 Å². The molecule has 0 saturated carbocycles. The van der Waals surface area contributed by atoms with E-state index in [4.69, 9.17) is 4.74 Å². The molecule has 5 aromatic rings. The van der Waals surface area contributed by atoms with Gasteiger partial charge in [-0.2, -0.15) is 9.50 Å². The number of nitrogens with one attached hydrogen (secondary N) is 1. The quantitative estimate of drug-likeness (QED) is 0.368. The first kappa shape index (κ1) is 21.0. The van der Waals surface area contributed by atoms with Crippen molar-refractivity contribution in [1.82, 2.24) is 29.1 Å². The number of methoxy groups -OCH3 is 1. The summed E-state index contributed by atoms with van der Waals surface area (Å²) >= 11 is 1.46. The number of benzene rings is 2. The van der Waals surface area contributed by atoms with Crippen LogP contribution in [0.4, 0.5) is 11.5 Å². The van der Waals surface area contributed by atoms with E-state index >= 15 is 0 Å².